The minimum Gasteiger partial charge on any atom is -0.352 e. The fourth-order valence-electron chi connectivity index (χ4n) is 2.23. The molecule has 1 aliphatic heterocycles. The SMILES string of the molecule is CCC1(N)CN(c2ncnc3snc(C)c23)C1. The largest absolute Gasteiger partial charge is 0.352 e. The van der Waals surface area contributed by atoms with Crippen LogP contribution in [0.15, 0.2) is 6.33 Å². The molecule has 0 amide bonds. The van der Waals surface area contributed by atoms with Crippen LogP contribution in [0.25, 0.3) is 10.2 Å². The fraction of sp³-hybridized carbons (Fsp3) is 0.545. The summed E-state index contributed by atoms with van der Waals surface area (Å²) in [5.41, 5.74) is 7.15. The van der Waals surface area contributed by atoms with Gasteiger partial charge in [-0.2, -0.15) is 4.37 Å². The van der Waals surface area contributed by atoms with Gasteiger partial charge >= 0.3 is 0 Å². The number of rotatable bonds is 2. The Morgan fingerprint density at radius 2 is 2.24 bits per heavy atom. The highest BCUT2D eigenvalue weighted by atomic mass is 32.1. The summed E-state index contributed by atoms with van der Waals surface area (Å²) in [4.78, 5) is 11.8. The molecule has 0 radical (unpaired) electrons. The average Bonchev–Trinajstić information content (AvgIpc) is 2.67. The van der Waals surface area contributed by atoms with Gasteiger partial charge in [0.2, 0.25) is 0 Å². The van der Waals surface area contributed by atoms with Crippen molar-refractivity contribution in [2.24, 2.45) is 5.73 Å². The number of fused-ring (bicyclic) bond motifs is 1. The lowest BCUT2D eigenvalue weighted by Gasteiger charge is -2.48. The molecule has 0 unspecified atom stereocenters. The second kappa shape index (κ2) is 3.61. The van der Waals surface area contributed by atoms with Crippen molar-refractivity contribution in [3.63, 3.8) is 0 Å². The van der Waals surface area contributed by atoms with Crippen LogP contribution < -0.4 is 10.6 Å². The van der Waals surface area contributed by atoms with Crippen LogP contribution in [0.3, 0.4) is 0 Å². The van der Waals surface area contributed by atoms with E-state index in [2.05, 4.69) is 26.2 Å². The molecule has 2 aromatic heterocycles. The molecule has 5 nitrogen and oxygen atoms in total. The lowest BCUT2D eigenvalue weighted by atomic mass is 9.88. The summed E-state index contributed by atoms with van der Waals surface area (Å²) < 4.78 is 4.33. The molecule has 0 aromatic carbocycles. The summed E-state index contributed by atoms with van der Waals surface area (Å²) >= 11 is 1.43. The Bertz CT molecular complexity index is 558. The molecule has 2 N–H and O–H groups in total. The van der Waals surface area contributed by atoms with Gasteiger partial charge in [-0.1, -0.05) is 6.92 Å². The summed E-state index contributed by atoms with van der Waals surface area (Å²) in [6.45, 7) is 5.86. The summed E-state index contributed by atoms with van der Waals surface area (Å²) in [5.74, 6) is 0.982. The van der Waals surface area contributed by atoms with Gasteiger partial charge in [-0.05, 0) is 24.9 Å². The van der Waals surface area contributed by atoms with Crippen LogP contribution >= 0.6 is 11.5 Å². The van der Waals surface area contributed by atoms with E-state index in [1.165, 1.54) is 11.5 Å². The number of aryl methyl sites for hydroxylation is 1. The number of aromatic nitrogens is 3. The van der Waals surface area contributed by atoms with E-state index in [9.17, 15) is 0 Å². The van der Waals surface area contributed by atoms with E-state index in [1.54, 1.807) is 6.33 Å². The Labute approximate surface area is 104 Å². The van der Waals surface area contributed by atoms with Crippen LogP contribution in [-0.2, 0) is 0 Å². The Morgan fingerprint density at radius 3 is 2.94 bits per heavy atom. The summed E-state index contributed by atoms with van der Waals surface area (Å²) in [6, 6.07) is 0. The van der Waals surface area contributed by atoms with Crippen LogP contribution in [-0.4, -0.2) is 33.0 Å². The maximum Gasteiger partial charge on any atom is 0.149 e. The van der Waals surface area contributed by atoms with Gasteiger partial charge in [0.1, 0.15) is 17.0 Å². The molecule has 0 spiro atoms. The minimum absolute atomic E-state index is 0.0470. The lowest BCUT2D eigenvalue weighted by Crippen LogP contribution is -2.67. The first-order valence-corrected chi connectivity index (χ1v) is 6.51. The second-order valence-corrected chi connectivity index (χ2v) is 5.47. The normalized spacial score (nSPS) is 18.4. The van der Waals surface area contributed by atoms with Gasteiger partial charge in [-0.25, -0.2) is 9.97 Å². The monoisotopic (exact) mass is 249 g/mol. The van der Waals surface area contributed by atoms with Crippen LogP contribution in [0, 0.1) is 6.92 Å². The molecule has 1 fully saturated rings. The van der Waals surface area contributed by atoms with E-state index in [0.29, 0.717) is 0 Å². The van der Waals surface area contributed by atoms with Gasteiger partial charge in [-0.15, -0.1) is 0 Å². The molecular weight excluding hydrogens is 234 g/mol. The molecule has 17 heavy (non-hydrogen) atoms. The first-order chi connectivity index (χ1) is 8.13. The fourth-order valence-corrected chi connectivity index (χ4v) is 2.97. The van der Waals surface area contributed by atoms with Crippen LogP contribution in [0.1, 0.15) is 19.0 Å². The predicted molar refractivity (Wildman–Crippen MR) is 69.4 cm³/mol. The van der Waals surface area contributed by atoms with Crippen LogP contribution in [0.4, 0.5) is 5.82 Å². The highest BCUT2D eigenvalue weighted by Crippen LogP contribution is 2.33. The Balaban J connectivity index is 1.99. The lowest BCUT2D eigenvalue weighted by molar-refractivity contribution is 0.321. The molecule has 1 aliphatic rings. The van der Waals surface area contributed by atoms with E-state index in [4.69, 9.17) is 5.73 Å². The summed E-state index contributed by atoms with van der Waals surface area (Å²) in [7, 11) is 0. The van der Waals surface area contributed by atoms with E-state index in [0.717, 1.165) is 41.2 Å². The van der Waals surface area contributed by atoms with Gasteiger partial charge in [0.15, 0.2) is 0 Å². The average molecular weight is 249 g/mol. The molecule has 0 saturated carbocycles. The van der Waals surface area contributed by atoms with Gasteiger partial charge in [-0.3, -0.25) is 0 Å². The number of nitrogens with zero attached hydrogens (tertiary/aromatic N) is 4. The molecule has 3 heterocycles. The van der Waals surface area contributed by atoms with Crippen molar-refractivity contribution in [1.29, 1.82) is 0 Å². The predicted octanol–water partition coefficient (Wildman–Crippen LogP) is 1.32. The van der Waals surface area contributed by atoms with Gasteiger partial charge in [0, 0.05) is 13.1 Å². The molecular formula is C11H15N5S. The molecule has 3 rings (SSSR count). The molecule has 2 aromatic rings. The summed E-state index contributed by atoms with van der Waals surface area (Å²) in [5, 5.41) is 1.08. The van der Waals surface area contributed by atoms with E-state index in [1.807, 2.05) is 6.92 Å². The maximum atomic E-state index is 6.19. The molecule has 0 atom stereocenters. The van der Waals surface area contributed by atoms with Crippen LogP contribution in [0.5, 0.6) is 0 Å². The zero-order chi connectivity index (χ0) is 12.0. The third-order valence-corrected chi connectivity index (χ3v) is 4.29. The maximum absolute atomic E-state index is 6.19. The van der Waals surface area contributed by atoms with Crippen molar-refractivity contribution in [3.8, 4) is 0 Å². The third kappa shape index (κ3) is 1.59. The molecule has 1 saturated heterocycles. The van der Waals surface area contributed by atoms with Crippen molar-refractivity contribution in [2.75, 3.05) is 18.0 Å². The second-order valence-electron chi connectivity index (χ2n) is 4.72. The van der Waals surface area contributed by atoms with Gasteiger partial charge < -0.3 is 10.6 Å². The highest BCUT2D eigenvalue weighted by Gasteiger charge is 2.39. The Hall–Kier alpha value is -1.27. The highest BCUT2D eigenvalue weighted by molar-refractivity contribution is 7.13. The van der Waals surface area contributed by atoms with Crippen molar-refractivity contribution in [2.45, 2.75) is 25.8 Å². The van der Waals surface area contributed by atoms with Gasteiger partial charge in [0.25, 0.3) is 0 Å². The molecule has 6 heteroatoms. The third-order valence-electron chi connectivity index (χ3n) is 3.44. The zero-order valence-corrected chi connectivity index (χ0v) is 10.8. The number of hydrogen-bond donors (Lipinski definition) is 1. The zero-order valence-electron chi connectivity index (χ0n) is 9.97. The minimum atomic E-state index is -0.0470. The number of anilines is 1. The quantitative estimate of drug-likeness (QED) is 0.869. The van der Waals surface area contributed by atoms with Crippen LogP contribution in [0.2, 0.25) is 0 Å². The molecule has 0 bridgehead atoms. The molecule has 90 valence electrons. The van der Waals surface area contributed by atoms with E-state index >= 15 is 0 Å². The van der Waals surface area contributed by atoms with Crippen molar-refractivity contribution < 1.29 is 0 Å². The van der Waals surface area contributed by atoms with E-state index in [-0.39, 0.29) is 5.54 Å². The molecule has 0 aliphatic carbocycles. The van der Waals surface area contributed by atoms with Crippen molar-refractivity contribution in [3.05, 3.63) is 12.0 Å². The smallest absolute Gasteiger partial charge is 0.149 e. The first kappa shape index (κ1) is 10.9. The Kier molecular flexibility index (Phi) is 2.31. The van der Waals surface area contributed by atoms with Crippen molar-refractivity contribution in [1.82, 2.24) is 14.3 Å². The van der Waals surface area contributed by atoms with Crippen molar-refractivity contribution >= 4 is 27.6 Å². The van der Waals surface area contributed by atoms with E-state index < -0.39 is 0 Å². The summed E-state index contributed by atoms with van der Waals surface area (Å²) in [6.07, 6.45) is 2.61. The number of hydrogen-bond acceptors (Lipinski definition) is 6. The topological polar surface area (TPSA) is 67.9 Å². The standard InChI is InChI=1S/C11H15N5S/c1-3-11(12)4-16(5-11)9-8-7(2)15-17-10(8)14-6-13-9/h6H,3-5,12H2,1-2H3. The first-order valence-electron chi connectivity index (χ1n) is 5.74. The van der Waals surface area contributed by atoms with Gasteiger partial charge in [0.05, 0.1) is 16.6 Å². The Morgan fingerprint density at radius 1 is 1.47 bits per heavy atom. The number of nitrogens with two attached hydrogens (primary N) is 1.